The molecule has 0 fully saturated rings. The zero-order chi connectivity index (χ0) is 42.4. The third-order valence-corrected chi connectivity index (χ3v) is 11.0. The molecule has 0 spiro atoms. The van der Waals surface area contributed by atoms with E-state index in [1.54, 1.807) is 19.1 Å². The summed E-state index contributed by atoms with van der Waals surface area (Å²) in [5.74, 6) is 0. The number of hydrogen-bond donors (Lipinski definition) is 4. The van der Waals surface area contributed by atoms with Crippen LogP contribution in [-0.2, 0) is 29.5 Å². The summed E-state index contributed by atoms with van der Waals surface area (Å²) in [6, 6.07) is 20.5. The standard InChI is InChI=1S/C18H20Cl2N2O4S.C18H19Cl2N2O4S.C2H6O.2Na.2H2O/c2*1-2-3-4-12-26-18(23)21-13-8-10-14(11-9-13)27(24,25)22-17-15(19)6-5-7-16(17)20;1-2-3;;;;/h5-11,22H,2-4,12H2,1H3,(H,21,23);5-11H,2-4,12H2,1H3,(H,21,23);3H,2H2,1H3;;;2*1H2/q;-1;;2*+1;;/p-1. The first kappa shape index (κ1) is 63.2. The Balaban J connectivity index is -0.000000975. The SMILES string of the molecule is CCCCCOC(=O)Nc1ccc(S(=O)(=O)Nc2c(Cl)cccc2Cl)cc1.CCCCCOC(=O)Nc1ccc(S(=O)(=O)[N-]c2c(Cl)cccc2Cl)cc1.CCO.O.[Na+].[Na+].[OH-]. The Bertz CT molecular complexity index is 1920. The Morgan fingerprint density at radius 2 is 0.984 bits per heavy atom. The first-order valence-electron chi connectivity index (χ1n) is 17.7. The number of carbonyl (C=O) groups is 2. The van der Waals surface area contributed by atoms with Crippen LogP contribution in [0.3, 0.4) is 0 Å². The molecule has 23 heteroatoms. The first-order chi connectivity index (χ1) is 27.1. The number of hydrogen-bond acceptors (Lipinski definition) is 10. The van der Waals surface area contributed by atoms with Crippen LogP contribution in [0.15, 0.2) is 94.7 Å². The number of aliphatic hydroxyl groups is 1. The van der Waals surface area contributed by atoms with Crippen molar-refractivity contribution in [2.24, 2.45) is 0 Å². The van der Waals surface area contributed by atoms with E-state index in [0.717, 1.165) is 38.5 Å². The second-order valence-corrected chi connectivity index (χ2v) is 16.6. The van der Waals surface area contributed by atoms with E-state index in [9.17, 15) is 26.4 Å². The Morgan fingerprint density at radius 3 is 1.36 bits per heavy atom. The van der Waals surface area contributed by atoms with Crippen molar-refractivity contribution in [3.8, 4) is 0 Å². The molecule has 328 valence electrons. The molecule has 0 aliphatic heterocycles. The third kappa shape index (κ3) is 23.5. The molecule has 4 rings (SSSR count). The van der Waals surface area contributed by atoms with E-state index in [4.69, 9.17) is 61.0 Å². The summed E-state index contributed by atoms with van der Waals surface area (Å²) >= 11 is 23.9. The number of ether oxygens (including phenoxy) is 2. The number of anilines is 3. The topological polar surface area (TPSA) is 253 Å². The molecule has 15 nitrogen and oxygen atoms in total. The number of amides is 2. The quantitative estimate of drug-likeness (QED) is 0.0892. The van der Waals surface area contributed by atoms with Gasteiger partial charge in [0.2, 0.25) is 0 Å². The number of nitrogens with zero attached hydrogens (tertiary/aromatic N) is 1. The predicted octanol–water partition coefficient (Wildman–Crippen LogP) is 4.66. The molecule has 0 bridgehead atoms. The van der Waals surface area contributed by atoms with E-state index in [-0.39, 0.29) is 118 Å². The smallest absolute Gasteiger partial charge is 0.870 e. The summed E-state index contributed by atoms with van der Waals surface area (Å²) in [6.45, 7) is 6.73. The molecule has 0 unspecified atom stereocenters. The van der Waals surface area contributed by atoms with E-state index >= 15 is 0 Å². The third-order valence-electron chi connectivity index (χ3n) is 7.12. The number of carbonyl (C=O) groups excluding carboxylic acids is 2. The summed E-state index contributed by atoms with van der Waals surface area (Å²) in [6.07, 6.45) is 4.47. The monoisotopic (exact) mass is 986 g/mol. The molecule has 0 aromatic heterocycles. The van der Waals surface area contributed by atoms with Crippen molar-refractivity contribution in [1.82, 2.24) is 0 Å². The van der Waals surface area contributed by atoms with Crippen molar-refractivity contribution >= 4 is 101 Å². The minimum Gasteiger partial charge on any atom is -0.870 e. The molecule has 0 atom stereocenters. The molecule has 0 aliphatic carbocycles. The van der Waals surface area contributed by atoms with Gasteiger partial charge in [0.15, 0.2) is 0 Å². The molecular weight excluding hydrogens is 940 g/mol. The van der Waals surface area contributed by atoms with Gasteiger partial charge in [-0.1, -0.05) is 104 Å². The van der Waals surface area contributed by atoms with E-state index in [0.29, 0.717) is 24.6 Å². The van der Waals surface area contributed by atoms with E-state index in [1.165, 1.54) is 72.8 Å². The normalized spacial score (nSPS) is 10.1. The van der Waals surface area contributed by atoms with Crippen LogP contribution in [0.4, 0.5) is 32.3 Å². The molecule has 4 aromatic carbocycles. The first-order valence-corrected chi connectivity index (χ1v) is 22.1. The van der Waals surface area contributed by atoms with Crippen LogP contribution < -0.4 is 74.5 Å². The number of unbranched alkanes of at least 4 members (excludes halogenated alkanes) is 4. The van der Waals surface area contributed by atoms with Crippen molar-refractivity contribution in [2.45, 2.75) is 69.1 Å². The Morgan fingerprint density at radius 1 is 0.623 bits per heavy atom. The molecule has 0 heterocycles. The Labute approximate surface area is 422 Å². The van der Waals surface area contributed by atoms with Gasteiger partial charge in [-0.2, -0.15) is 0 Å². The van der Waals surface area contributed by atoms with Gasteiger partial charge in [0.05, 0.1) is 38.7 Å². The largest absolute Gasteiger partial charge is 1.00 e. The van der Waals surface area contributed by atoms with Crippen molar-refractivity contribution in [3.05, 3.63) is 110 Å². The average molecular weight is 989 g/mol. The average Bonchev–Trinajstić information content (AvgIpc) is 3.16. The van der Waals surface area contributed by atoms with E-state index in [1.807, 2.05) is 0 Å². The van der Waals surface area contributed by atoms with Crippen LogP contribution in [0.2, 0.25) is 20.1 Å². The Kier molecular flexibility index (Phi) is 34.7. The van der Waals surface area contributed by atoms with Crippen molar-refractivity contribution in [1.29, 1.82) is 0 Å². The minimum absolute atomic E-state index is 0. The molecule has 0 aliphatic rings. The summed E-state index contributed by atoms with van der Waals surface area (Å²) in [4.78, 5) is 23.3. The van der Waals surface area contributed by atoms with Crippen molar-refractivity contribution < 1.29 is 111 Å². The van der Waals surface area contributed by atoms with Gasteiger partial charge in [-0.25, -0.2) is 26.4 Å². The number of aliphatic hydroxyl groups excluding tert-OH is 1. The van der Waals surface area contributed by atoms with Crippen LogP contribution in [-0.4, -0.2) is 64.9 Å². The fourth-order valence-electron chi connectivity index (χ4n) is 4.31. The maximum absolute atomic E-state index is 12.5. The summed E-state index contributed by atoms with van der Waals surface area (Å²) in [7, 11) is -7.90. The van der Waals surface area contributed by atoms with Crippen molar-refractivity contribution in [3.63, 3.8) is 0 Å². The van der Waals surface area contributed by atoms with Gasteiger partial charge in [0, 0.05) is 28.0 Å². The predicted molar refractivity (Wildman–Crippen MR) is 234 cm³/mol. The molecule has 61 heavy (non-hydrogen) atoms. The summed E-state index contributed by atoms with van der Waals surface area (Å²) in [5, 5.41) is 13.3. The second kappa shape index (κ2) is 33.5. The minimum atomic E-state index is -4.01. The van der Waals surface area contributed by atoms with Crippen LogP contribution >= 0.6 is 46.4 Å². The van der Waals surface area contributed by atoms with Crippen LogP contribution in [0, 0.1) is 0 Å². The molecule has 4 aromatic rings. The van der Waals surface area contributed by atoms with Gasteiger partial charge in [-0.3, -0.25) is 15.4 Å². The van der Waals surface area contributed by atoms with Gasteiger partial charge in [0.25, 0.3) is 10.0 Å². The van der Waals surface area contributed by atoms with Crippen LogP contribution in [0.25, 0.3) is 4.72 Å². The maximum Gasteiger partial charge on any atom is 1.00 e. The molecule has 0 radical (unpaired) electrons. The number of halogens is 4. The van der Waals surface area contributed by atoms with Gasteiger partial charge in [-0.15, -0.1) is 0 Å². The molecule has 7 N–H and O–H groups in total. The molecular formula is C38H48Cl4N4Na2O11S2. The van der Waals surface area contributed by atoms with Crippen molar-refractivity contribution in [2.75, 3.05) is 35.2 Å². The van der Waals surface area contributed by atoms with Gasteiger partial charge >= 0.3 is 71.3 Å². The fourth-order valence-corrected chi connectivity index (χ4v) is 7.62. The number of nitrogens with one attached hydrogen (secondary N) is 3. The zero-order valence-electron chi connectivity index (χ0n) is 34.4. The fraction of sp³-hybridized carbons (Fsp3) is 0.316. The molecule has 0 saturated carbocycles. The van der Waals surface area contributed by atoms with E-state index < -0.39 is 32.2 Å². The number of para-hydroxylation sites is 1. The molecule has 0 saturated heterocycles. The van der Waals surface area contributed by atoms with Gasteiger partial charge in [0.1, 0.15) is 10.0 Å². The zero-order valence-corrected chi connectivity index (χ0v) is 43.0. The van der Waals surface area contributed by atoms with Crippen LogP contribution in [0.1, 0.15) is 59.3 Å². The summed E-state index contributed by atoms with van der Waals surface area (Å²) < 4.78 is 66.0. The van der Waals surface area contributed by atoms with Crippen LogP contribution in [0.5, 0.6) is 0 Å². The summed E-state index contributed by atoms with van der Waals surface area (Å²) in [5.41, 5.74) is 0.924. The molecule has 2 amide bonds. The second-order valence-electron chi connectivity index (χ2n) is 11.6. The Hall–Kier alpha value is -2.04. The number of rotatable bonds is 16. The maximum atomic E-state index is 12.5. The van der Waals surface area contributed by atoms with Gasteiger partial charge < -0.3 is 30.3 Å². The number of benzene rings is 4. The number of sulfonamides is 2. The van der Waals surface area contributed by atoms with E-state index in [2.05, 4.69) is 33.9 Å². The van der Waals surface area contributed by atoms with Gasteiger partial charge in [-0.05, 0) is 92.6 Å².